The summed E-state index contributed by atoms with van der Waals surface area (Å²) in [5.41, 5.74) is 3.44. The number of carbonyl (C=O) groups is 2. The zero-order chi connectivity index (χ0) is 39.8. The molecule has 0 aromatic heterocycles. The average molecular weight is 795 g/mol. The molecule has 1 unspecified atom stereocenters. The Morgan fingerprint density at radius 1 is 0.732 bits per heavy atom. The second-order valence-electron chi connectivity index (χ2n) is 13.4. The van der Waals surface area contributed by atoms with Gasteiger partial charge in [-0.15, -0.1) is 0 Å². The van der Waals surface area contributed by atoms with Crippen LogP contribution in [0.15, 0.2) is 130 Å². The topological polar surface area (TPSA) is 105 Å². The molecule has 5 rings (SSSR count). The lowest BCUT2D eigenvalue weighted by Crippen LogP contribution is -2.14. The lowest BCUT2D eigenvalue weighted by Gasteiger charge is -2.23. The fraction of sp³-hybridized carbons (Fsp3) is 0.304. The highest BCUT2D eigenvalue weighted by molar-refractivity contribution is 8.00. The second kappa shape index (κ2) is 21.4. The third-order valence-electron chi connectivity index (χ3n) is 9.04. The minimum atomic E-state index is -4.35. The van der Waals surface area contributed by atoms with E-state index < -0.39 is 22.2 Å². The van der Waals surface area contributed by atoms with Crippen molar-refractivity contribution in [2.24, 2.45) is 0 Å². The monoisotopic (exact) mass is 794 g/mol. The van der Waals surface area contributed by atoms with Gasteiger partial charge in [0, 0.05) is 40.0 Å². The first-order valence-corrected chi connectivity index (χ1v) is 21.4. The van der Waals surface area contributed by atoms with E-state index in [9.17, 15) is 18.0 Å². The van der Waals surface area contributed by atoms with E-state index in [-0.39, 0.29) is 10.6 Å². The van der Waals surface area contributed by atoms with E-state index >= 15 is 0 Å². The predicted molar refractivity (Wildman–Crippen MR) is 221 cm³/mol. The Bertz CT molecular complexity index is 2130. The number of rotatable bonds is 22. The summed E-state index contributed by atoms with van der Waals surface area (Å²) >= 11 is 1.29. The molecule has 0 heterocycles. The summed E-state index contributed by atoms with van der Waals surface area (Å²) < 4.78 is 51.7. The van der Waals surface area contributed by atoms with Gasteiger partial charge in [-0.3, -0.25) is 9.59 Å². The Labute approximate surface area is 335 Å². The first-order chi connectivity index (χ1) is 27.2. The van der Waals surface area contributed by atoms with Gasteiger partial charge in [0.1, 0.15) is 22.7 Å². The Balaban J connectivity index is 1.53. The molecule has 5 aromatic rings. The van der Waals surface area contributed by atoms with Crippen molar-refractivity contribution in [3.63, 3.8) is 0 Å². The third-order valence-corrected chi connectivity index (χ3v) is 11.5. The summed E-state index contributed by atoms with van der Waals surface area (Å²) in [6, 6.07) is 33.8. The van der Waals surface area contributed by atoms with Crippen LogP contribution in [0.25, 0.3) is 11.1 Å². The van der Waals surface area contributed by atoms with Crippen LogP contribution in [0.3, 0.4) is 0 Å². The molecule has 8 nitrogen and oxygen atoms in total. The summed E-state index contributed by atoms with van der Waals surface area (Å²) in [6.45, 7) is 7.20. The summed E-state index contributed by atoms with van der Waals surface area (Å²) in [4.78, 5) is 26.3. The number of aldehydes is 1. The van der Waals surface area contributed by atoms with E-state index in [1.165, 1.54) is 37.9 Å². The SMILES string of the molecule is CCCCCCCOCc1ccc(C=O)c(C(OC(C)=O)c2ccccc2-c2ccc(Sc3ccc(OCCCC)cc3)c(S(=O)(=O)Oc3ccccc3)c2)c1. The van der Waals surface area contributed by atoms with Crippen molar-refractivity contribution in [1.29, 1.82) is 0 Å². The number of para-hydroxylation sites is 1. The largest absolute Gasteiger partial charge is 0.494 e. The van der Waals surface area contributed by atoms with E-state index in [0.29, 0.717) is 52.5 Å². The number of hydrogen-bond donors (Lipinski definition) is 0. The van der Waals surface area contributed by atoms with E-state index in [1.54, 1.807) is 48.5 Å². The lowest BCUT2D eigenvalue weighted by atomic mass is 9.90. The van der Waals surface area contributed by atoms with Gasteiger partial charge in [-0.1, -0.05) is 118 Å². The Hall–Kier alpha value is -4.90. The molecule has 0 aliphatic heterocycles. The molecule has 0 fully saturated rings. The van der Waals surface area contributed by atoms with Crippen LogP contribution >= 0.6 is 11.8 Å². The standard InChI is InChI=1S/C46H50O8S2/c1-4-6-8-9-15-28-51-33-35-20-21-37(32-47)43(30-35)46(53-34(3)48)42-19-14-13-18-41(42)36-22-27-44(55-40-25-23-38(24-26-40)52-29-7-5-2)45(31-36)56(49,50)54-39-16-11-10-12-17-39/h10-14,16-27,30-32,46H,4-9,15,28-29,33H2,1-3H3. The maximum atomic E-state index is 14.1. The molecular weight excluding hydrogens is 745 g/mol. The van der Waals surface area contributed by atoms with E-state index in [0.717, 1.165) is 48.2 Å². The van der Waals surface area contributed by atoms with Gasteiger partial charge >= 0.3 is 16.1 Å². The van der Waals surface area contributed by atoms with Gasteiger partial charge in [0.25, 0.3) is 0 Å². The van der Waals surface area contributed by atoms with Gasteiger partial charge in [-0.25, -0.2) is 0 Å². The fourth-order valence-electron chi connectivity index (χ4n) is 6.16. The van der Waals surface area contributed by atoms with Crippen LogP contribution in [0.2, 0.25) is 0 Å². The Morgan fingerprint density at radius 3 is 2.20 bits per heavy atom. The fourth-order valence-corrected chi connectivity index (χ4v) is 8.46. The summed E-state index contributed by atoms with van der Waals surface area (Å²) in [6.07, 6.45) is 7.39. The molecular formula is C46H50O8S2. The molecule has 0 amide bonds. The van der Waals surface area contributed by atoms with E-state index in [1.807, 2.05) is 66.7 Å². The van der Waals surface area contributed by atoms with Crippen LogP contribution in [0.4, 0.5) is 0 Å². The van der Waals surface area contributed by atoms with Crippen LogP contribution in [-0.4, -0.2) is 33.9 Å². The molecule has 5 aromatic carbocycles. The molecule has 294 valence electrons. The second-order valence-corrected chi connectivity index (χ2v) is 16.0. The van der Waals surface area contributed by atoms with E-state index in [2.05, 4.69) is 13.8 Å². The number of ether oxygens (including phenoxy) is 3. The van der Waals surface area contributed by atoms with Gasteiger partial charge in [-0.2, -0.15) is 8.42 Å². The maximum Gasteiger partial charge on any atom is 0.340 e. The molecule has 0 radical (unpaired) electrons. The van der Waals surface area contributed by atoms with Crippen LogP contribution < -0.4 is 8.92 Å². The number of carbonyl (C=O) groups excluding carboxylic acids is 2. The highest BCUT2D eigenvalue weighted by Gasteiger charge is 2.27. The minimum Gasteiger partial charge on any atom is -0.494 e. The highest BCUT2D eigenvalue weighted by atomic mass is 32.2. The molecule has 0 saturated carbocycles. The predicted octanol–water partition coefficient (Wildman–Crippen LogP) is 11.4. The van der Waals surface area contributed by atoms with Crippen molar-refractivity contribution in [2.45, 2.75) is 93.1 Å². The number of esters is 1. The van der Waals surface area contributed by atoms with Crippen molar-refractivity contribution in [3.05, 3.63) is 138 Å². The van der Waals surface area contributed by atoms with Crippen LogP contribution in [0.1, 0.15) is 98.9 Å². The van der Waals surface area contributed by atoms with Crippen molar-refractivity contribution in [3.8, 4) is 22.6 Å². The molecule has 10 heteroatoms. The molecule has 56 heavy (non-hydrogen) atoms. The van der Waals surface area contributed by atoms with Crippen LogP contribution in [-0.2, 0) is 31.0 Å². The molecule has 0 N–H and O–H groups in total. The van der Waals surface area contributed by atoms with Gasteiger partial charge < -0.3 is 18.4 Å². The summed E-state index contributed by atoms with van der Waals surface area (Å²) in [5.74, 6) is 0.383. The zero-order valence-electron chi connectivity index (χ0n) is 32.3. The van der Waals surface area contributed by atoms with Crippen molar-refractivity contribution in [2.75, 3.05) is 13.2 Å². The Kier molecular flexibility index (Phi) is 16.2. The van der Waals surface area contributed by atoms with Crippen LogP contribution in [0, 0.1) is 0 Å². The molecule has 0 saturated heterocycles. The average Bonchev–Trinajstić information content (AvgIpc) is 3.20. The third kappa shape index (κ3) is 12.0. The summed E-state index contributed by atoms with van der Waals surface area (Å²) in [7, 11) is -4.35. The minimum absolute atomic E-state index is 0.0339. The lowest BCUT2D eigenvalue weighted by molar-refractivity contribution is -0.144. The Morgan fingerprint density at radius 2 is 1.46 bits per heavy atom. The van der Waals surface area contributed by atoms with Gasteiger partial charge in [0.05, 0.1) is 13.2 Å². The molecule has 0 bridgehead atoms. The van der Waals surface area contributed by atoms with Crippen LogP contribution in [0.5, 0.6) is 11.5 Å². The number of benzene rings is 5. The van der Waals surface area contributed by atoms with Crippen molar-refractivity contribution < 1.29 is 36.4 Å². The molecule has 0 aliphatic rings. The summed E-state index contributed by atoms with van der Waals surface area (Å²) in [5, 5.41) is 0. The van der Waals surface area contributed by atoms with E-state index in [4.69, 9.17) is 18.4 Å². The maximum absolute atomic E-state index is 14.1. The zero-order valence-corrected chi connectivity index (χ0v) is 33.9. The van der Waals surface area contributed by atoms with Crippen molar-refractivity contribution in [1.82, 2.24) is 0 Å². The smallest absolute Gasteiger partial charge is 0.340 e. The van der Waals surface area contributed by atoms with Crippen molar-refractivity contribution >= 4 is 34.1 Å². The molecule has 0 spiro atoms. The highest BCUT2D eigenvalue weighted by Crippen LogP contribution is 2.41. The van der Waals surface area contributed by atoms with Gasteiger partial charge in [-0.05, 0) is 84.1 Å². The first-order valence-electron chi connectivity index (χ1n) is 19.2. The number of unbranched alkanes of at least 4 members (excludes halogenated alkanes) is 5. The van der Waals surface area contributed by atoms with Gasteiger partial charge in [0.2, 0.25) is 0 Å². The molecule has 0 aliphatic carbocycles. The molecule has 1 atom stereocenters. The quantitative estimate of drug-likeness (QED) is 0.0293. The number of hydrogen-bond acceptors (Lipinski definition) is 9. The normalized spacial score (nSPS) is 11.8. The first kappa shape index (κ1) is 42.2. The van der Waals surface area contributed by atoms with Gasteiger partial charge in [0.15, 0.2) is 6.10 Å².